The van der Waals surface area contributed by atoms with Crippen LogP contribution in [0.2, 0.25) is 0 Å². The molecule has 1 aromatic carbocycles. The Hall–Kier alpha value is -1.32. The van der Waals surface area contributed by atoms with Gasteiger partial charge in [0, 0.05) is 57.2 Å². The maximum absolute atomic E-state index is 5.51. The molecule has 0 atom stereocenters. The maximum Gasteiger partial charge on any atom is 0.0469 e. The number of allylic oxidation sites excluding steroid dienone is 2. The number of para-hydroxylation sites is 1. The number of anilines is 1. The average molecular weight is 355 g/mol. The van der Waals surface area contributed by atoms with Crippen LogP contribution in [-0.2, 0) is 4.74 Å². The Bertz CT molecular complexity index is 598. The Morgan fingerprint density at radius 3 is 2.58 bits per heavy atom. The fraction of sp³-hybridized carbons (Fsp3) is 0.652. The van der Waals surface area contributed by atoms with Gasteiger partial charge in [0.2, 0.25) is 0 Å². The van der Waals surface area contributed by atoms with E-state index >= 15 is 0 Å². The Balaban J connectivity index is 1.39. The van der Waals surface area contributed by atoms with Crippen molar-refractivity contribution in [1.29, 1.82) is 0 Å². The van der Waals surface area contributed by atoms with Gasteiger partial charge in [-0.3, -0.25) is 4.90 Å². The van der Waals surface area contributed by atoms with Gasteiger partial charge in [0.15, 0.2) is 0 Å². The lowest BCUT2D eigenvalue weighted by Gasteiger charge is -2.39. The normalized spacial score (nSPS) is 23.5. The molecule has 0 N–H and O–H groups in total. The van der Waals surface area contributed by atoms with Crippen LogP contribution in [0.4, 0.5) is 5.69 Å². The smallest absolute Gasteiger partial charge is 0.0469 e. The highest BCUT2D eigenvalue weighted by molar-refractivity contribution is 5.77. The van der Waals surface area contributed by atoms with E-state index in [2.05, 4.69) is 40.1 Å². The largest absolute Gasteiger partial charge is 0.381 e. The lowest BCUT2D eigenvalue weighted by Crippen LogP contribution is -2.48. The van der Waals surface area contributed by atoms with Crippen molar-refractivity contribution in [3.05, 3.63) is 35.9 Å². The summed E-state index contributed by atoms with van der Waals surface area (Å²) in [5.41, 5.74) is 4.54. The topological polar surface area (TPSA) is 15.7 Å². The number of rotatable bonds is 4. The lowest BCUT2D eigenvalue weighted by atomic mass is 9.98. The molecule has 3 nitrogen and oxygen atoms in total. The molecule has 2 saturated heterocycles. The van der Waals surface area contributed by atoms with Crippen molar-refractivity contribution in [2.75, 3.05) is 50.8 Å². The molecule has 3 aliphatic rings. The van der Waals surface area contributed by atoms with Gasteiger partial charge in [-0.2, -0.15) is 0 Å². The Morgan fingerprint density at radius 1 is 0.923 bits per heavy atom. The molecule has 2 heterocycles. The van der Waals surface area contributed by atoms with Crippen LogP contribution >= 0.6 is 0 Å². The number of benzene rings is 1. The summed E-state index contributed by atoms with van der Waals surface area (Å²) in [6.45, 7) is 7.92. The molecule has 4 rings (SSSR count). The number of nitrogens with zero attached hydrogens (tertiary/aromatic N) is 2. The van der Waals surface area contributed by atoms with Crippen LogP contribution in [0.25, 0.3) is 5.57 Å². The molecular weight excluding hydrogens is 320 g/mol. The lowest BCUT2D eigenvalue weighted by molar-refractivity contribution is 0.0517. The number of hydrogen-bond acceptors (Lipinski definition) is 3. The summed E-state index contributed by atoms with van der Waals surface area (Å²) in [6, 6.07) is 9.12. The summed E-state index contributed by atoms with van der Waals surface area (Å²) < 4.78 is 5.51. The molecule has 0 spiro atoms. The second kappa shape index (κ2) is 9.05. The van der Waals surface area contributed by atoms with Crippen molar-refractivity contribution in [2.45, 2.75) is 44.9 Å². The standard InChI is InChI=1S/C23H34N2O/c1-2-4-8-21(7-3-1)22-9-5-6-10-23(22)25-15-13-24(14-16-25)19-20-11-17-26-18-12-20/h5-7,9-10,20H,1-4,8,11-19H2. The first kappa shape index (κ1) is 18.1. The molecule has 142 valence electrons. The Labute approximate surface area is 159 Å². The highest BCUT2D eigenvalue weighted by atomic mass is 16.5. The quantitative estimate of drug-likeness (QED) is 0.787. The van der Waals surface area contributed by atoms with Crippen molar-refractivity contribution in [2.24, 2.45) is 5.92 Å². The molecule has 26 heavy (non-hydrogen) atoms. The van der Waals surface area contributed by atoms with Crippen molar-refractivity contribution < 1.29 is 4.74 Å². The maximum atomic E-state index is 5.51. The number of piperazine rings is 1. The Kier molecular flexibility index (Phi) is 6.29. The van der Waals surface area contributed by atoms with Gasteiger partial charge in [-0.1, -0.05) is 30.7 Å². The molecule has 2 aliphatic heterocycles. The second-order valence-corrected chi connectivity index (χ2v) is 8.19. The molecule has 1 aromatic rings. The van der Waals surface area contributed by atoms with E-state index in [1.165, 1.54) is 75.8 Å². The summed E-state index contributed by atoms with van der Waals surface area (Å²) in [7, 11) is 0. The van der Waals surface area contributed by atoms with Gasteiger partial charge >= 0.3 is 0 Å². The first-order chi connectivity index (χ1) is 12.9. The minimum atomic E-state index is 0.846. The van der Waals surface area contributed by atoms with E-state index < -0.39 is 0 Å². The monoisotopic (exact) mass is 354 g/mol. The van der Waals surface area contributed by atoms with E-state index in [9.17, 15) is 0 Å². The minimum absolute atomic E-state index is 0.846. The fourth-order valence-electron chi connectivity index (χ4n) is 4.75. The highest BCUT2D eigenvalue weighted by Gasteiger charge is 2.23. The molecule has 0 radical (unpaired) electrons. The van der Waals surface area contributed by atoms with E-state index in [-0.39, 0.29) is 0 Å². The van der Waals surface area contributed by atoms with Crippen molar-refractivity contribution in [1.82, 2.24) is 4.90 Å². The van der Waals surface area contributed by atoms with E-state index in [0.29, 0.717) is 0 Å². The first-order valence-corrected chi connectivity index (χ1v) is 10.7. The fourth-order valence-corrected chi connectivity index (χ4v) is 4.75. The van der Waals surface area contributed by atoms with E-state index in [1.807, 2.05) is 0 Å². The first-order valence-electron chi connectivity index (χ1n) is 10.7. The van der Waals surface area contributed by atoms with E-state index in [4.69, 9.17) is 4.74 Å². The predicted octanol–water partition coefficient (Wildman–Crippen LogP) is 4.58. The summed E-state index contributed by atoms with van der Waals surface area (Å²) in [6.07, 6.45) is 11.6. The summed E-state index contributed by atoms with van der Waals surface area (Å²) in [5, 5.41) is 0. The molecule has 0 saturated carbocycles. The third-order valence-corrected chi connectivity index (χ3v) is 6.36. The molecule has 2 fully saturated rings. The Morgan fingerprint density at radius 2 is 1.73 bits per heavy atom. The van der Waals surface area contributed by atoms with Gasteiger partial charge in [-0.05, 0) is 56.1 Å². The number of ether oxygens (including phenoxy) is 1. The number of hydrogen-bond donors (Lipinski definition) is 0. The predicted molar refractivity (Wildman–Crippen MR) is 110 cm³/mol. The molecule has 3 heteroatoms. The van der Waals surface area contributed by atoms with Gasteiger partial charge in [0.1, 0.15) is 0 Å². The van der Waals surface area contributed by atoms with Gasteiger partial charge in [-0.25, -0.2) is 0 Å². The minimum Gasteiger partial charge on any atom is -0.381 e. The molecule has 0 unspecified atom stereocenters. The molecule has 0 bridgehead atoms. The van der Waals surface area contributed by atoms with Gasteiger partial charge in [-0.15, -0.1) is 0 Å². The molecule has 0 amide bonds. The van der Waals surface area contributed by atoms with Gasteiger partial charge in [0.05, 0.1) is 0 Å². The van der Waals surface area contributed by atoms with Crippen LogP contribution in [0, 0.1) is 5.92 Å². The van der Waals surface area contributed by atoms with Crippen LogP contribution < -0.4 is 4.90 Å². The zero-order chi connectivity index (χ0) is 17.6. The summed E-state index contributed by atoms with van der Waals surface area (Å²) in [4.78, 5) is 5.31. The van der Waals surface area contributed by atoms with Crippen LogP contribution in [-0.4, -0.2) is 50.8 Å². The highest BCUT2D eigenvalue weighted by Crippen LogP contribution is 2.33. The summed E-state index contributed by atoms with van der Waals surface area (Å²) in [5.74, 6) is 0.846. The third-order valence-electron chi connectivity index (χ3n) is 6.36. The molecule has 1 aliphatic carbocycles. The van der Waals surface area contributed by atoms with Crippen molar-refractivity contribution >= 4 is 11.3 Å². The third kappa shape index (κ3) is 4.50. The van der Waals surface area contributed by atoms with E-state index in [0.717, 1.165) is 32.2 Å². The van der Waals surface area contributed by atoms with E-state index in [1.54, 1.807) is 5.57 Å². The summed E-state index contributed by atoms with van der Waals surface area (Å²) >= 11 is 0. The molecule has 0 aromatic heterocycles. The second-order valence-electron chi connectivity index (χ2n) is 8.19. The van der Waals surface area contributed by atoms with Crippen molar-refractivity contribution in [3.8, 4) is 0 Å². The zero-order valence-electron chi connectivity index (χ0n) is 16.2. The molecular formula is C23H34N2O. The van der Waals surface area contributed by atoms with Crippen LogP contribution in [0.15, 0.2) is 30.3 Å². The van der Waals surface area contributed by atoms with Crippen LogP contribution in [0.5, 0.6) is 0 Å². The average Bonchev–Trinajstić information content (AvgIpc) is 2.99. The SMILES string of the molecule is C1=C(c2ccccc2N2CCN(CC3CCOCC3)CC2)CCCCC1. The van der Waals surface area contributed by atoms with Crippen LogP contribution in [0.3, 0.4) is 0 Å². The van der Waals surface area contributed by atoms with Crippen molar-refractivity contribution in [3.63, 3.8) is 0 Å². The van der Waals surface area contributed by atoms with Gasteiger partial charge in [0.25, 0.3) is 0 Å². The van der Waals surface area contributed by atoms with Gasteiger partial charge < -0.3 is 9.64 Å². The van der Waals surface area contributed by atoms with Crippen LogP contribution in [0.1, 0.15) is 50.5 Å². The zero-order valence-corrected chi connectivity index (χ0v) is 16.2.